The third kappa shape index (κ3) is 23.4. The van der Waals surface area contributed by atoms with Gasteiger partial charge in [-0.2, -0.15) is 0 Å². The highest BCUT2D eigenvalue weighted by Crippen LogP contribution is 2.12. The van der Waals surface area contributed by atoms with Gasteiger partial charge in [0.15, 0.2) is 0 Å². The molecule has 0 radical (unpaired) electrons. The Bertz CT molecular complexity index is 323. The monoisotopic (exact) mass is 386 g/mol. The lowest BCUT2D eigenvalue weighted by Gasteiger charge is -2.19. The van der Waals surface area contributed by atoms with Crippen LogP contribution in [0.4, 0.5) is 0 Å². The maximum Gasteiger partial charge on any atom is 0.332 e. The van der Waals surface area contributed by atoms with Crippen LogP contribution in [0.25, 0.3) is 0 Å². The van der Waals surface area contributed by atoms with Crippen LogP contribution in [0.15, 0.2) is 0 Å². The number of carbonyl (C=O) groups is 1. The number of esters is 1. The SMILES string of the molecule is CCCCCCCCCCCCCCCOCCOCC(=O)OC(C)(C)C. The van der Waals surface area contributed by atoms with Gasteiger partial charge in [0.25, 0.3) is 0 Å². The van der Waals surface area contributed by atoms with E-state index < -0.39 is 5.60 Å². The molecule has 162 valence electrons. The van der Waals surface area contributed by atoms with E-state index in [1.165, 1.54) is 77.0 Å². The summed E-state index contributed by atoms with van der Waals surface area (Å²) in [6.45, 7) is 9.60. The summed E-state index contributed by atoms with van der Waals surface area (Å²) in [5.74, 6) is -0.320. The predicted octanol–water partition coefficient (Wildman–Crippen LogP) is 6.45. The van der Waals surface area contributed by atoms with Crippen molar-refractivity contribution >= 4 is 5.97 Å². The standard InChI is InChI=1S/C23H46O4/c1-5-6-7-8-9-10-11-12-13-14-15-16-17-18-25-19-20-26-21-22(24)27-23(2,3)4/h5-21H2,1-4H3. The fourth-order valence-corrected chi connectivity index (χ4v) is 2.97. The largest absolute Gasteiger partial charge is 0.458 e. The maximum absolute atomic E-state index is 11.4. The quantitative estimate of drug-likeness (QED) is 0.189. The molecule has 0 spiro atoms. The van der Waals surface area contributed by atoms with Crippen LogP contribution in [0.2, 0.25) is 0 Å². The van der Waals surface area contributed by atoms with Crippen molar-refractivity contribution in [3.05, 3.63) is 0 Å². The molecule has 0 fully saturated rings. The highest BCUT2D eigenvalue weighted by atomic mass is 16.6. The van der Waals surface area contributed by atoms with Gasteiger partial charge in [0.05, 0.1) is 13.2 Å². The first-order valence-corrected chi connectivity index (χ1v) is 11.3. The first-order valence-electron chi connectivity index (χ1n) is 11.3. The summed E-state index contributed by atoms with van der Waals surface area (Å²) in [7, 11) is 0. The van der Waals surface area contributed by atoms with Gasteiger partial charge in [-0.05, 0) is 27.2 Å². The average Bonchev–Trinajstić information content (AvgIpc) is 2.59. The molecule has 0 aliphatic rings. The Kier molecular flexibility index (Phi) is 18.3. The van der Waals surface area contributed by atoms with Gasteiger partial charge < -0.3 is 14.2 Å². The van der Waals surface area contributed by atoms with E-state index in [4.69, 9.17) is 14.2 Å². The Morgan fingerprint density at radius 2 is 1.07 bits per heavy atom. The lowest BCUT2D eigenvalue weighted by molar-refractivity contribution is -0.160. The molecule has 0 aromatic heterocycles. The van der Waals surface area contributed by atoms with E-state index >= 15 is 0 Å². The fraction of sp³-hybridized carbons (Fsp3) is 0.957. The Labute approximate surface area is 168 Å². The second-order valence-electron chi connectivity index (χ2n) is 8.49. The number of hydrogen-bond acceptors (Lipinski definition) is 4. The minimum absolute atomic E-state index is 0.000625. The Morgan fingerprint density at radius 1 is 0.630 bits per heavy atom. The first kappa shape index (κ1) is 26.4. The van der Waals surface area contributed by atoms with Crippen molar-refractivity contribution in [1.82, 2.24) is 0 Å². The van der Waals surface area contributed by atoms with Crippen molar-refractivity contribution in [2.75, 3.05) is 26.4 Å². The molecule has 4 nitrogen and oxygen atoms in total. The zero-order valence-electron chi connectivity index (χ0n) is 18.7. The molecule has 27 heavy (non-hydrogen) atoms. The minimum atomic E-state index is -0.453. The molecule has 0 saturated carbocycles. The zero-order chi connectivity index (χ0) is 20.2. The molecule has 0 saturated heterocycles. The van der Waals surface area contributed by atoms with Crippen LogP contribution in [0.1, 0.15) is 111 Å². The van der Waals surface area contributed by atoms with Crippen LogP contribution < -0.4 is 0 Å². The van der Waals surface area contributed by atoms with Crippen molar-refractivity contribution < 1.29 is 19.0 Å². The van der Waals surface area contributed by atoms with Crippen LogP contribution >= 0.6 is 0 Å². The van der Waals surface area contributed by atoms with Gasteiger partial charge in [-0.1, -0.05) is 84.0 Å². The van der Waals surface area contributed by atoms with Crippen molar-refractivity contribution in [2.24, 2.45) is 0 Å². The van der Waals surface area contributed by atoms with Gasteiger partial charge in [0.1, 0.15) is 12.2 Å². The summed E-state index contributed by atoms with van der Waals surface area (Å²) in [4.78, 5) is 11.4. The van der Waals surface area contributed by atoms with Crippen molar-refractivity contribution in [2.45, 2.75) is 117 Å². The van der Waals surface area contributed by atoms with Gasteiger partial charge in [0, 0.05) is 6.61 Å². The molecule has 0 amide bonds. The number of carbonyl (C=O) groups excluding carboxylic acids is 1. The van der Waals surface area contributed by atoms with Gasteiger partial charge in [0.2, 0.25) is 0 Å². The molecular formula is C23H46O4. The highest BCUT2D eigenvalue weighted by Gasteiger charge is 2.15. The fourth-order valence-electron chi connectivity index (χ4n) is 2.97. The van der Waals surface area contributed by atoms with Crippen molar-refractivity contribution in [1.29, 1.82) is 0 Å². The van der Waals surface area contributed by atoms with Crippen molar-refractivity contribution in [3.63, 3.8) is 0 Å². The summed E-state index contributed by atoms with van der Waals surface area (Å²) >= 11 is 0. The van der Waals surface area contributed by atoms with E-state index in [-0.39, 0.29) is 12.6 Å². The molecule has 0 N–H and O–H groups in total. The number of hydrogen-bond donors (Lipinski definition) is 0. The topological polar surface area (TPSA) is 44.8 Å². The Hall–Kier alpha value is -0.610. The molecule has 0 bridgehead atoms. The zero-order valence-corrected chi connectivity index (χ0v) is 18.7. The van der Waals surface area contributed by atoms with E-state index in [0.717, 1.165) is 13.0 Å². The molecule has 0 heterocycles. The summed E-state index contributed by atoms with van der Waals surface area (Å²) in [5, 5.41) is 0. The lowest BCUT2D eigenvalue weighted by Crippen LogP contribution is -2.27. The lowest BCUT2D eigenvalue weighted by atomic mass is 10.0. The molecule has 0 unspecified atom stereocenters. The van der Waals surface area contributed by atoms with E-state index in [0.29, 0.717) is 13.2 Å². The molecule has 0 aliphatic carbocycles. The molecule has 0 rings (SSSR count). The van der Waals surface area contributed by atoms with Crippen LogP contribution in [0, 0.1) is 0 Å². The van der Waals surface area contributed by atoms with E-state index in [1.807, 2.05) is 20.8 Å². The van der Waals surface area contributed by atoms with Crippen molar-refractivity contribution in [3.8, 4) is 0 Å². The molecule has 4 heteroatoms. The Balaban J connectivity index is 3.12. The van der Waals surface area contributed by atoms with Gasteiger partial charge in [-0.3, -0.25) is 0 Å². The second-order valence-corrected chi connectivity index (χ2v) is 8.49. The number of rotatable bonds is 19. The summed E-state index contributed by atoms with van der Waals surface area (Å²) < 4.78 is 16.0. The summed E-state index contributed by atoms with van der Waals surface area (Å²) in [5.41, 5.74) is -0.453. The molecule has 0 aromatic carbocycles. The van der Waals surface area contributed by atoms with Crippen LogP contribution in [-0.4, -0.2) is 38.0 Å². The van der Waals surface area contributed by atoms with E-state index in [9.17, 15) is 4.79 Å². The molecule has 0 aliphatic heterocycles. The van der Waals surface area contributed by atoms with Gasteiger partial charge in [-0.25, -0.2) is 4.79 Å². The third-order valence-electron chi connectivity index (χ3n) is 4.40. The minimum Gasteiger partial charge on any atom is -0.458 e. The second kappa shape index (κ2) is 18.7. The predicted molar refractivity (Wildman–Crippen MR) is 113 cm³/mol. The van der Waals surface area contributed by atoms with E-state index in [1.54, 1.807) is 0 Å². The average molecular weight is 387 g/mol. The summed E-state index contributed by atoms with van der Waals surface area (Å²) in [6.07, 6.45) is 17.7. The van der Waals surface area contributed by atoms with Gasteiger partial charge >= 0.3 is 5.97 Å². The van der Waals surface area contributed by atoms with Crippen LogP contribution in [-0.2, 0) is 19.0 Å². The highest BCUT2D eigenvalue weighted by molar-refractivity contribution is 5.71. The number of unbranched alkanes of at least 4 members (excludes halogenated alkanes) is 12. The normalized spacial score (nSPS) is 11.7. The maximum atomic E-state index is 11.4. The Morgan fingerprint density at radius 3 is 1.56 bits per heavy atom. The van der Waals surface area contributed by atoms with Crippen LogP contribution in [0.3, 0.4) is 0 Å². The summed E-state index contributed by atoms with van der Waals surface area (Å²) in [6, 6.07) is 0. The molecule has 0 atom stereocenters. The smallest absolute Gasteiger partial charge is 0.332 e. The van der Waals surface area contributed by atoms with E-state index in [2.05, 4.69) is 6.92 Å². The molecular weight excluding hydrogens is 340 g/mol. The van der Waals surface area contributed by atoms with Gasteiger partial charge in [-0.15, -0.1) is 0 Å². The molecule has 0 aromatic rings. The van der Waals surface area contributed by atoms with Crippen LogP contribution in [0.5, 0.6) is 0 Å². The number of ether oxygens (including phenoxy) is 3. The third-order valence-corrected chi connectivity index (χ3v) is 4.40. The first-order chi connectivity index (χ1) is 13.0.